The van der Waals surface area contributed by atoms with Gasteiger partial charge in [-0.15, -0.1) is 0 Å². The minimum Gasteiger partial charge on any atom is -0.341 e. The molecule has 2 heterocycles. The van der Waals surface area contributed by atoms with Gasteiger partial charge in [0, 0.05) is 13.1 Å². The first-order valence-electron chi connectivity index (χ1n) is 7.04. The average Bonchev–Trinajstić information content (AvgIpc) is 2.78. The predicted octanol–water partition coefficient (Wildman–Crippen LogP) is 2.17. The molecule has 1 unspecified atom stereocenters. The van der Waals surface area contributed by atoms with Crippen LogP contribution in [0.4, 0.5) is 0 Å². The van der Waals surface area contributed by atoms with Crippen molar-refractivity contribution in [3.05, 3.63) is 0 Å². The average molecular weight is 238 g/mol. The molecule has 0 bridgehead atoms. The first kappa shape index (κ1) is 12.9. The molecule has 3 nitrogen and oxygen atoms in total. The van der Waals surface area contributed by atoms with Gasteiger partial charge in [-0.25, -0.2) is 0 Å². The van der Waals surface area contributed by atoms with Gasteiger partial charge in [0.15, 0.2) is 0 Å². The zero-order valence-electron chi connectivity index (χ0n) is 11.5. The van der Waals surface area contributed by atoms with E-state index >= 15 is 0 Å². The molecule has 2 rings (SSSR count). The highest BCUT2D eigenvalue weighted by atomic mass is 16.2. The largest absolute Gasteiger partial charge is 0.341 e. The van der Waals surface area contributed by atoms with Crippen LogP contribution in [0.3, 0.4) is 0 Å². The quantitative estimate of drug-likeness (QED) is 0.799. The van der Waals surface area contributed by atoms with E-state index in [4.69, 9.17) is 0 Å². The zero-order valence-corrected chi connectivity index (χ0v) is 11.5. The van der Waals surface area contributed by atoms with E-state index < -0.39 is 0 Å². The highest BCUT2D eigenvalue weighted by Crippen LogP contribution is 2.35. The second-order valence-electron chi connectivity index (χ2n) is 6.32. The van der Waals surface area contributed by atoms with Gasteiger partial charge in [-0.2, -0.15) is 0 Å². The van der Waals surface area contributed by atoms with E-state index in [1.807, 2.05) is 0 Å². The second kappa shape index (κ2) is 4.60. The standard InChI is InChI=1S/C14H26N2O/c1-4-13(2)7-10-16(11-8-13)12(17)14(3)6-5-9-15-14/h15H,4-11H2,1-3H3. The van der Waals surface area contributed by atoms with Crippen molar-refractivity contribution in [2.45, 2.75) is 58.4 Å². The molecule has 0 aromatic rings. The number of carbonyl (C=O) groups is 1. The third kappa shape index (κ3) is 2.49. The van der Waals surface area contributed by atoms with Gasteiger partial charge in [0.1, 0.15) is 0 Å². The molecule has 2 saturated heterocycles. The molecule has 0 aromatic heterocycles. The first-order valence-corrected chi connectivity index (χ1v) is 7.04. The van der Waals surface area contributed by atoms with Crippen molar-refractivity contribution in [3.8, 4) is 0 Å². The van der Waals surface area contributed by atoms with Gasteiger partial charge in [0.05, 0.1) is 5.54 Å². The van der Waals surface area contributed by atoms with E-state index in [1.165, 1.54) is 6.42 Å². The summed E-state index contributed by atoms with van der Waals surface area (Å²) in [5.41, 5.74) is 0.181. The molecule has 0 radical (unpaired) electrons. The maximum atomic E-state index is 12.5. The highest BCUT2D eigenvalue weighted by molar-refractivity contribution is 5.86. The molecular weight excluding hydrogens is 212 g/mol. The summed E-state index contributed by atoms with van der Waals surface area (Å²) in [5.74, 6) is 0.327. The number of piperidine rings is 1. The molecule has 1 amide bonds. The van der Waals surface area contributed by atoms with Crippen LogP contribution in [-0.4, -0.2) is 36.0 Å². The Morgan fingerprint density at radius 3 is 2.35 bits per heavy atom. The van der Waals surface area contributed by atoms with Crippen LogP contribution in [0.1, 0.15) is 52.9 Å². The zero-order chi connectivity index (χ0) is 12.5. The summed E-state index contributed by atoms with van der Waals surface area (Å²) in [6, 6.07) is 0. The molecular formula is C14H26N2O. The number of hydrogen-bond acceptors (Lipinski definition) is 2. The number of nitrogens with zero attached hydrogens (tertiary/aromatic N) is 1. The maximum absolute atomic E-state index is 12.5. The predicted molar refractivity (Wildman–Crippen MR) is 69.9 cm³/mol. The second-order valence-corrected chi connectivity index (χ2v) is 6.32. The highest BCUT2D eigenvalue weighted by Gasteiger charge is 2.41. The van der Waals surface area contributed by atoms with E-state index in [9.17, 15) is 4.79 Å². The van der Waals surface area contributed by atoms with E-state index in [-0.39, 0.29) is 5.54 Å². The number of carbonyl (C=O) groups excluding carboxylic acids is 1. The Bertz CT molecular complexity index is 287. The number of hydrogen-bond donors (Lipinski definition) is 1. The third-order valence-corrected chi connectivity index (χ3v) is 4.95. The van der Waals surface area contributed by atoms with Crippen molar-refractivity contribution >= 4 is 5.91 Å². The Hall–Kier alpha value is -0.570. The van der Waals surface area contributed by atoms with Crippen molar-refractivity contribution in [1.29, 1.82) is 0 Å². The maximum Gasteiger partial charge on any atom is 0.242 e. The fourth-order valence-corrected chi connectivity index (χ4v) is 3.03. The molecule has 0 aromatic carbocycles. The topological polar surface area (TPSA) is 32.3 Å². The SMILES string of the molecule is CCC1(C)CCN(C(=O)C2(C)CCCN2)CC1. The van der Waals surface area contributed by atoms with Crippen LogP contribution in [0.15, 0.2) is 0 Å². The lowest BCUT2D eigenvalue weighted by Gasteiger charge is -2.41. The Morgan fingerprint density at radius 2 is 1.88 bits per heavy atom. The molecule has 2 aliphatic rings. The Labute approximate surface area is 105 Å². The van der Waals surface area contributed by atoms with E-state index in [2.05, 4.69) is 31.0 Å². The van der Waals surface area contributed by atoms with Gasteiger partial charge in [0.2, 0.25) is 5.91 Å². The molecule has 17 heavy (non-hydrogen) atoms. The minimum atomic E-state index is -0.278. The fraction of sp³-hybridized carbons (Fsp3) is 0.929. The van der Waals surface area contributed by atoms with E-state index in [0.717, 1.165) is 45.3 Å². The molecule has 2 aliphatic heterocycles. The molecule has 98 valence electrons. The van der Waals surface area contributed by atoms with Crippen LogP contribution < -0.4 is 5.32 Å². The van der Waals surface area contributed by atoms with Crippen LogP contribution in [0.2, 0.25) is 0 Å². The van der Waals surface area contributed by atoms with Crippen molar-refractivity contribution in [1.82, 2.24) is 10.2 Å². The molecule has 0 saturated carbocycles. The Balaban J connectivity index is 1.94. The lowest BCUT2D eigenvalue weighted by molar-refractivity contribution is -0.139. The smallest absolute Gasteiger partial charge is 0.242 e. The fourth-order valence-electron chi connectivity index (χ4n) is 3.03. The number of likely N-dealkylation sites (tertiary alicyclic amines) is 1. The minimum absolute atomic E-state index is 0.278. The van der Waals surface area contributed by atoms with Gasteiger partial charge in [-0.1, -0.05) is 20.3 Å². The van der Waals surface area contributed by atoms with Gasteiger partial charge in [0.25, 0.3) is 0 Å². The summed E-state index contributed by atoms with van der Waals surface area (Å²) in [5, 5.41) is 3.37. The summed E-state index contributed by atoms with van der Waals surface area (Å²) in [6.45, 7) is 9.56. The van der Waals surface area contributed by atoms with Gasteiger partial charge in [-0.05, 0) is 44.6 Å². The van der Waals surface area contributed by atoms with Gasteiger partial charge >= 0.3 is 0 Å². The normalized spacial score (nSPS) is 32.8. The summed E-state index contributed by atoms with van der Waals surface area (Å²) >= 11 is 0. The molecule has 0 spiro atoms. The van der Waals surface area contributed by atoms with Crippen molar-refractivity contribution in [2.75, 3.05) is 19.6 Å². The molecule has 2 fully saturated rings. The summed E-state index contributed by atoms with van der Waals surface area (Å²) < 4.78 is 0. The van der Waals surface area contributed by atoms with Crippen LogP contribution in [0.5, 0.6) is 0 Å². The lowest BCUT2D eigenvalue weighted by Crippen LogP contribution is -2.55. The van der Waals surface area contributed by atoms with Crippen LogP contribution in [0.25, 0.3) is 0 Å². The number of amides is 1. The number of nitrogens with one attached hydrogen (secondary N) is 1. The van der Waals surface area contributed by atoms with Gasteiger partial charge in [-0.3, -0.25) is 4.79 Å². The van der Waals surface area contributed by atoms with Crippen molar-refractivity contribution in [2.24, 2.45) is 5.41 Å². The number of rotatable bonds is 2. The van der Waals surface area contributed by atoms with Crippen LogP contribution in [-0.2, 0) is 4.79 Å². The molecule has 1 N–H and O–H groups in total. The Morgan fingerprint density at radius 1 is 1.24 bits per heavy atom. The summed E-state index contributed by atoms with van der Waals surface area (Å²) in [6.07, 6.45) is 5.66. The van der Waals surface area contributed by atoms with E-state index in [0.29, 0.717) is 11.3 Å². The molecule has 1 atom stereocenters. The third-order valence-electron chi connectivity index (χ3n) is 4.95. The molecule has 3 heteroatoms. The van der Waals surface area contributed by atoms with Crippen molar-refractivity contribution < 1.29 is 4.79 Å². The van der Waals surface area contributed by atoms with Crippen molar-refractivity contribution in [3.63, 3.8) is 0 Å². The van der Waals surface area contributed by atoms with Gasteiger partial charge < -0.3 is 10.2 Å². The lowest BCUT2D eigenvalue weighted by atomic mass is 9.78. The Kier molecular flexibility index (Phi) is 3.48. The molecule has 0 aliphatic carbocycles. The summed E-state index contributed by atoms with van der Waals surface area (Å²) in [4.78, 5) is 14.6. The van der Waals surface area contributed by atoms with E-state index in [1.54, 1.807) is 0 Å². The first-order chi connectivity index (χ1) is 7.99. The van der Waals surface area contributed by atoms with Crippen LogP contribution >= 0.6 is 0 Å². The summed E-state index contributed by atoms with van der Waals surface area (Å²) in [7, 11) is 0. The van der Waals surface area contributed by atoms with Crippen LogP contribution in [0, 0.1) is 5.41 Å². The monoisotopic (exact) mass is 238 g/mol.